The molecular weight excluding hydrogens is 130 g/mol. The highest BCUT2D eigenvalue weighted by Crippen LogP contribution is 2.58. The maximum absolute atomic E-state index is 11.0. The van der Waals surface area contributed by atoms with Gasteiger partial charge in [0, 0.05) is 11.3 Å². The molecule has 0 aromatic rings. The van der Waals surface area contributed by atoms with Crippen LogP contribution in [0.1, 0.15) is 13.3 Å². The summed E-state index contributed by atoms with van der Waals surface area (Å²) in [5.41, 5.74) is 0.0891. The molecule has 1 saturated carbocycles. The Morgan fingerprint density at radius 1 is 1.90 bits per heavy atom. The van der Waals surface area contributed by atoms with Crippen LogP contribution in [0.4, 0.5) is 0 Å². The van der Waals surface area contributed by atoms with Gasteiger partial charge < -0.3 is 10.4 Å². The summed E-state index contributed by atoms with van der Waals surface area (Å²) in [4.78, 5) is 11.0. The number of aliphatic hydroxyl groups is 1. The zero-order valence-electron chi connectivity index (χ0n) is 5.92. The van der Waals surface area contributed by atoms with Gasteiger partial charge in [-0.05, 0) is 6.42 Å². The van der Waals surface area contributed by atoms with Crippen LogP contribution in [0.15, 0.2) is 0 Å². The fourth-order valence-corrected chi connectivity index (χ4v) is 1.85. The number of rotatable bonds is 1. The van der Waals surface area contributed by atoms with E-state index >= 15 is 0 Å². The maximum Gasteiger partial charge on any atom is 0.224 e. The molecule has 2 aliphatic rings. The number of fused-ring (bicyclic) bond motifs is 1. The van der Waals surface area contributed by atoms with Crippen molar-refractivity contribution in [3.8, 4) is 0 Å². The van der Waals surface area contributed by atoms with Gasteiger partial charge in [0.15, 0.2) is 0 Å². The van der Waals surface area contributed by atoms with Crippen LogP contribution in [0, 0.1) is 11.3 Å². The van der Waals surface area contributed by atoms with Gasteiger partial charge in [-0.25, -0.2) is 0 Å². The standard InChI is InChI=1S/C7H11NO2/c1-7-2-4(7)6(10)8-5(7)3-9/h4-5,9H,2-3H2,1H3,(H,8,10). The van der Waals surface area contributed by atoms with E-state index in [9.17, 15) is 4.79 Å². The van der Waals surface area contributed by atoms with Crippen LogP contribution in [-0.2, 0) is 4.79 Å². The van der Waals surface area contributed by atoms with Crippen LogP contribution in [0.5, 0.6) is 0 Å². The highest BCUT2D eigenvalue weighted by molar-refractivity contribution is 5.86. The molecule has 0 aromatic heterocycles. The molecule has 3 atom stereocenters. The van der Waals surface area contributed by atoms with Gasteiger partial charge in [-0.3, -0.25) is 4.79 Å². The predicted octanol–water partition coefficient (Wildman–Crippen LogP) is -0.497. The number of aliphatic hydroxyl groups excluding tert-OH is 1. The van der Waals surface area contributed by atoms with Crippen molar-refractivity contribution in [3.05, 3.63) is 0 Å². The predicted molar refractivity (Wildman–Crippen MR) is 35.2 cm³/mol. The molecule has 0 spiro atoms. The first kappa shape index (κ1) is 6.16. The fourth-order valence-electron chi connectivity index (χ4n) is 1.85. The van der Waals surface area contributed by atoms with Gasteiger partial charge in [0.1, 0.15) is 0 Å². The van der Waals surface area contributed by atoms with E-state index in [-0.39, 0.29) is 29.9 Å². The Morgan fingerprint density at radius 2 is 2.60 bits per heavy atom. The number of amides is 1. The first-order chi connectivity index (χ1) is 4.68. The zero-order valence-corrected chi connectivity index (χ0v) is 5.92. The van der Waals surface area contributed by atoms with E-state index in [0.717, 1.165) is 6.42 Å². The van der Waals surface area contributed by atoms with Crippen molar-refractivity contribution in [1.82, 2.24) is 5.32 Å². The van der Waals surface area contributed by atoms with Gasteiger partial charge in [-0.2, -0.15) is 0 Å². The second-order valence-electron chi connectivity index (χ2n) is 3.51. The third-order valence-electron chi connectivity index (χ3n) is 2.89. The summed E-state index contributed by atoms with van der Waals surface area (Å²) in [5.74, 6) is 0.325. The summed E-state index contributed by atoms with van der Waals surface area (Å²) in [6.07, 6.45) is 0.962. The number of hydrogen-bond acceptors (Lipinski definition) is 2. The van der Waals surface area contributed by atoms with Crippen LogP contribution >= 0.6 is 0 Å². The zero-order chi connectivity index (χ0) is 7.35. The first-order valence-corrected chi connectivity index (χ1v) is 3.60. The lowest BCUT2D eigenvalue weighted by atomic mass is 10.0. The fraction of sp³-hybridized carbons (Fsp3) is 0.857. The molecule has 0 bridgehead atoms. The van der Waals surface area contributed by atoms with Gasteiger partial charge in [0.2, 0.25) is 5.91 Å². The molecule has 0 radical (unpaired) electrons. The van der Waals surface area contributed by atoms with Gasteiger partial charge in [-0.1, -0.05) is 6.92 Å². The highest BCUT2D eigenvalue weighted by atomic mass is 16.3. The molecule has 1 aliphatic heterocycles. The van der Waals surface area contributed by atoms with Gasteiger partial charge in [0.25, 0.3) is 0 Å². The molecule has 1 saturated heterocycles. The molecule has 1 heterocycles. The van der Waals surface area contributed by atoms with Gasteiger partial charge >= 0.3 is 0 Å². The Labute approximate surface area is 59.4 Å². The molecule has 0 aromatic carbocycles. The van der Waals surface area contributed by atoms with Crippen molar-refractivity contribution in [2.75, 3.05) is 6.61 Å². The maximum atomic E-state index is 11.0. The monoisotopic (exact) mass is 141 g/mol. The summed E-state index contributed by atoms with van der Waals surface area (Å²) in [6.45, 7) is 2.13. The van der Waals surface area contributed by atoms with E-state index in [0.29, 0.717) is 0 Å². The number of nitrogens with one attached hydrogen (secondary N) is 1. The molecule has 1 aliphatic carbocycles. The molecule has 3 heteroatoms. The first-order valence-electron chi connectivity index (χ1n) is 3.60. The molecule has 3 unspecified atom stereocenters. The third kappa shape index (κ3) is 0.515. The van der Waals surface area contributed by atoms with E-state index in [1.54, 1.807) is 0 Å². The Bertz CT molecular complexity index is 192. The van der Waals surface area contributed by atoms with Gasteiger partial charge in [-0.15, -0.1) is 0 Å². The lowest BCUT2D eigenvalue weighted by Gasteiger charge is -2.15. The van der Waals surface area contributed by atoms with Crippen molar-refractivity contribution in [1.29, 1.82) is 0 Å². The molecular formula is C7H11NO2. The second-order valence-corrected chi connectivity index (χ2v) is 3.51. The quantitative estimate of drug-likeness (QED) is 0.517. The third-order valence-corrected chi connectivity index (χ3v) is 2.89. The Hall–Kier alpha value is -0.570. The van der Waals surface area contributed by atoms with Crippen molar-refractivity contribution in [2.45, 2.75) is 19.4 Å². The van der Waals surface area contributed by atoms with Crippen LogP contribution in [0.3, 0.4) is 0 Å². The van der Waals surface area contributed by atoms with E-state index in [2.05, 4.69) is 12.2 Å². The average molecular weight is 141 g/mol. The number of hydrogen-bond donors (Lipinski definition) is 2. The molecule has 2 fully saturated rings. The number of carbonyl (C=O) groups excluding carboxylic acids is 1. The van der Waals surface area contributed by atoms with Crippen LogP contribution < -0.4 is 5.32 Å². The topological polar surface area (TPSA) is 49.3 Å². The van der Waals surface area contributed by atoms with Crippen molar-refractivity contribution < 1.29 is 9.90 Å². The number of carbonyl (C=O) groups is 1. The smallest absolute Gasteiger partial charge is 0.224 e. The summed E-state index contributed by atoms with van der Waals surface area (Å²) in [5, 5.41) is 11.6. The highest BCUT2D eigenvalue weighted by Gasteiger charge is 2.64. The largest absolute Gasteiger partial charge is 0.394 e. The van der Waals surface area contributed by atoms with E-state index < -0.39 is 0 Å². The van der Waals surface area contributed by atoms with Crippen LogP contribution in [0.25, 0.3) is 0 Å². The average Bonchev–Trinajstić information content (AvgIpc) is 2.52. The Kier molecular flexibility index (Phi) is 0.944. The molecule has 2 N–H and O–H groups in total. The summed E-state index contributed by atoms with van der Waals surface area (Å²) in [7, 11) is 0. The number of piperidine rings is 1. The molecule has 1 amide bonds. The Morgan fingerprint density at radius 3 is 2.80 bits per heavy atom. The minimum atomic E-state index is 0.0185. The molecule has 10 heavy (non-hydrogen) atoms. The lowest BCUT2D eigenvalue weighted by Crippen LogP contribution is -2.36. The summed E-state index contributed by atoms with van der Waals surface area (Å²) < 4.78 is 0. The second kappa shape index (κ2) is 1.53. The summed E-state index contributed by atoms with van der Waals surface area (Å²) >= 11 is 0. The lowest BCUT2D eigenvalue weighted by molar-refractivity contribution is -0.121. The molecule has 3 nitrogen and oxygen atoms in total. The minimum absolute atomic E-state index is 0.0185. The normalized spacial score (nSPS) is 50.4. The summed E-state index contributed by atoms with van der Waals surface area (Å²) in [6, 6.07) is 0.0185. The Balaban J connectivity index is 2.20. The van der Waals surface area contributed by atoms with E-state index in [1.165, 1.54) is 0 Å². The SMILES string of the molecule is CC12CC1C(=O)NC2CO. The van der Waals surface area contributed by atoms with Crippen LogP contribution in [0.2, 0.25) is 0 Å². The van der Waals surface area contributed by atoms with Crippen molar-refractivity contribution in [2.24, 2.45) is 11.3 Å². The van der Waals surface area contributed by atoms with Gasteiger partial charge in [0.05, 0.1) is 12.6 Å². The van der Waals surface area contributed by atoms with Crippen molar-refractivity contribution >= 4 is 5.91 Å². The molecule has 2 rings (SSSR count). The van der Waals surface area contributed by atoms with Crippen molar-refractivity contribution in [3.63, 3.8) is 0 Å². The molecule has 56 valence electrons. The minimum Gasteiger partial charge on any atom is -0.394 e. The van der Waals surface area contributed by atoms with E-state index in [4.69, 9.17) is 5.11 Å². The van der Waals surface area contributed by atoms with Crippen LogP contribution in [-0.4, -0.2) is 23.7 Å². The van der Waals surface area contributed by atoms with E-state index in [1.807, 2.05) is 0 Å².